The second-order valence-corrected chi connectivity index (χ2v) is 10.8. The maximum Gasteiger partial charge on any atom is 0.261 e. The van der Waals surface area contributed by atoms with Crippen molar-refractivity contribution in [1.29, 1.82) is 0 Å². The van der Waals surface area contributed by atoms with Crippen LogP contribution in [0.1, 0.15) is 30.1 Å². The zero-order valence-corrected chi connectivity index (χ0v) is 23.9. The molecule has 216 valence electrons. The molecule has 1 aliphatic heterocycles. The van der Waals surface area contributed by atoms with E-state index in [9.17, 15) is 14.0 Å². The highest BCUT2D eigenvalue weighted by molar-refractivity contribution is 6.31. The molecule has 13 heteroatoms. The van der Waals surface area contributed by atoms with Gasteiger partial charge in [-0.15, -0.1) is 0 Å². The summed E-state index contributed by atoms with van der Waals surface area (Å²) in [6, 6.07) is 6.40. The lowest BCUT2D eigenvalue weighted by Gasteiger charge is -2.33. The minimum Gasteiger partial charge on any atom is -0.460 e. The average Bonchev–Trinajstić information content (AvgIpc) is 3.53. The fourth-order valence-corrected chi connectivity index (χ4v) is 5.23. The van der Waals surface area contributed by atoms with Gasteiger partial charge in [-0.2, -0.15) is 10.2 Å². The molecule has 4 heterocycles. The molecule has 1 unspecified atom stereocenters. The van der Waals surface area contributed by atoms with Crippen LogP contribution in [-0.2, 0) is 11.3 Å². The summed E-state index contributed by atoms with van der Waals surface area (Å²) < 4.78 is 22.2. The summed E-state index contributed by atoms with van der Waals surface area (Å²) in [4.78, 5) is 34.8. The number of fused-ring (bicyclic) bond motifs is 1. The van der Waals surface area contributed by atoms with E-state index in [1.54, 1.807) is 36.8 Å². The Morgan fingerprint density at radius 2 is 2.05 bits per heavy atom. The van der Waals surface area contributed by atoms with Crippen molar-refractivity contribution >= 4 is 34.7 Å². The van der Waals surface area contributed by atoms with Gasteiger partial charge in [-0.05, 0) is 57.1 Å². The largest absolute Gasteiger partial charge is 0.460 e. The summed E-state index contributed by atoms with van der Waals surface area (Å²) in [7, 11) is 4.11. The number of aromatic nitrogens is 5. The summed E-state index contributed by atoms with van der Waals surface area (Å²) in [6.45, 7) is 3.58. The number of nitrogens with zero attached hydrogens (tertiary/aromatic N) is 7. The van der Waals surface area contributed by atoms with E-state index >= 15 is 0 Å². The summed E-state index contributed by atoms with van der Waals surface area (Å²) in [5.41, 5.74) is 1.57. The molecule has 1 N–H and O–H groups in total. The first-order valence-electron chi connectivity index (χ1n) is 13.4. The Morgan fingerprint density at radius 3 is 2.78 bits per heavy atom. The topological polar surface area (TPSA) is 110 Å². The SMILES string of the molecule is CC(F)Oc1ccc(Cl)cc1-c1nn(CC(=O)N2CCC(CN(C)C)CC2)cc1NC(=O)c1cnn2cccnc12. The van der Waals surface area contributed by atoms with Crippen molar-refractivity contribution in [3.63, 3.8) is 0 Å². The van der Waals surface area contributed by atoms with Crippen LogP contribution in [0.25, 0.3) is 16.9 Å². The van der Waals surface area contributed by atoms with Gasteiger partial charge >= 0.3 is 0 Å². The number of alkyl halides is 1. The highest BCUT2D eigenvalue weighted by Crippen LogP contribution is 2.37. The molecule has 41 heavy (non-hydrogen) atoms. The van der Waals surface area contributed by atoms with E-state index in [2.05, 4.69) is 39.5 Å². The number of nitrogens with one attached hydrogen (secondary N) is 1. The summed E-state index contributed by atoms with van der Waals surface area (Å²) in [6.07, 6.45) is 6.53. The van der Waals surface area contributed by atoms with Crippen LogP contribution in [0.3, 0.4) is 0 Å². The fraction of sp³-hybridized carbons (Fsp3) is 0.393. The molecular formula is C28H32ClFN8O3. The van der Waals surface area contributed by atoms with Gasteiger partial charge in [0.25, 0.3) is 5.91 Å². The number of likely N-dealkylation sites (tertiary alicyclic amines) is 1. The van der Waals surface area contributed by atoms with E-state index < -0.39 is 12.3 Å². The number of carbonyl (C=O) groups is 2. The van der Waals surface area contributed by atoms with Gasteiger partial charge in [-0.25, -0.2) is 13.9 Å². The lowest BCUT2D eigenvalue weighted by molar-refractivity contribution is -0.133. The van der Waals surface area contributed by atoms with Crippen molar-refractivity contribution in [2.75, 3.05) is 39.0 Å². The number of hydrogen-bond donors (Lipinski definition) is 1. The highest BCUT2D eigenvalue weighted by Gasteiger charge is 2.26. The Kier molecular flexibility index (Phi) is 8.50. The van der Waals surface area contributed by atoms with Crippen molar-refractivity contribution < 1.29 is 18.7 Å². The predicted molar refractivity (Wildman–Crippen MR) is 153 cm³/mol. The first-order valence-corrected chi connectivity index (χ1v) is 13.8. The monoisotopic (exact) mass is 582 g/mol. The van der Waals surface area contributed by atoms with E-state index in [0.717, 1.165) is 19.4 Å². The zero-order valence-electron chi connectivity index (χ0n) is 23.1. The number of halogens is 2. The van der Waals surface area contributed by atoms with Crippen molar-refractivity contribution in [2.24, 2.45) is 5.92 Å². The molecule has 1 fully saturated rings. The second kappa shape index (κ2) is 12.2. The molecule has 1 aromatic carbocycles. The van der Waals surface area contributed by atoms with Crippen LogP contribution in [0.5, 0.6) is 5.75 Å². The maximum absolute atomic E-state index is 13.9. The van der Waals surface area contributed by atoms with Crippen molar-refractivity contribution in [2.45, 2.75) is 32.7 Å². The van der Waals surface area contributed by atoms with Gasteiger partial charge in [0, 0.05) is 55.7 Å². The van der Waals surface area contributed by atoms with Crippen LogP contribution in [-0.4, -0.2) is 86.1 Å². The van der Waals surface area contributed by atoms with Gasteiger partial charge in [0.2, 0.25) is 12.3 Å². The molecule has 5 rings (SSSR count). The van der Waals surface area contributed by atoms with Gasteiger partial charge in [-0.1, -0.05) is 11.6 Å². The minimum absolute atomic E-state index is 0.0320. The van der Waals surface area contributed by atoms with Crippen LogP contribution in [0, 0.1) is 5.92 Å². The molecule has 2 amide bonds. The first kappa shape index (κ1) is 28.5. The van der Waals surface area contributed by atoms with Gasteiger partial charge in [0.05, 0.1) is 11.9 Å². The number of amides is 2. The number of ether oxygens (including phenoxy) is 1. The Balaban J connectivity index is 1.43. The number of rotatable bonds is 9. The van der Waals surface area contributed by atoms with Gasteiger partial charge in [0.1, 0.15) is 23.6 Å². The lowest BCUT2D eigenvalue weighted by atomic mass is 9.96. The molecule has 3 aromatic heterocycles. The molecule has 4 aromatic rings. The molecule has 0 radical (unpaired) electrons. The minimum atomic E-state index is -1.60. The molecule has 1 saturated heterocycles. The number of hydrogen-bond acceptors (Lipinski definition) is 7. The standard InChI is InChI=1S/C28H32ClFN8O3/c1-18(30)41-24-6-5-20(29)13-21(24)26-23(33-28(40)22-14-32-38-10-4-9-31-27(22)38)16-37(34-26)17-25(39)36-11-7-19(8-12-36)15-35(2)3/h4-6,9-10,13-14,16,18-19H,7-8,11-12,15,17H2,1-3H3,(H,33,40). The molecular weight excluding hydrogens is 551 g/mol. The van der Waals surface area contributed by atoms with Crippen LogP contribution < -0.4 is 10.1 Å². The van der Waals surface area contributed by atoms with Gasteiger partial charge < -0.3 is 19.9 Å². The Hall–Kier alpha value is -4.03. The molecule has 0 saturated carbocycles. The predicted octanol–water partition coefficient (Wildman–Crippen LogP) is 3.99. The van der Waals surface area contributed by atoms with Crippen molar-refractivity contribution in [3.05, 3.63) is 59.6 Å². The van der Waals surface area contributed by atoms with Gasteiger partial charge in [-0.3, -0.25) is 14.3 Å². The number of benzene rings is 1. The zero-order chi connectivity index (χ0) is 29.1. The number of carbonyl (C=O) groups excluding carboxylic acids is 2. The van der Waals surface area contributed by atoms with Crippen molar-refractivity contribution in [3.8, 4) is 17.0 Å². The van der Waals surface area contributed by atoms with E-state index in [4.69, 9.17) is 16.3 Å². The average molecular weight is 583 g/mol. The summed E-state index contributed by atoms with van der Waals surface area (Å²) in [5.74, 6) is 0.196. The molecule has 1 aliphatic rings. The third-order valence-electron chi connectivity index (χ3n) is 6.91. The van der Waals surface area contributed by atoms with E-state index in [0.29, 0.717) is 40.9 Å². The van der Waals surface area contributed by atoms with E-state index in [1.165, 1.54) is 28.4 Å². The molecule has 0 aliphatic carbocycles. The quantitative estimate of drug-likeness (QED) is 0.318. The highest BCUT2D eigenvalue weighted by atomic mass is 35.5. The third kappa shape index (κ3) is 6.66. The Bertz CT molecular complexity index is 1540. The van der Waals surface area contributed by atoms with Gasteiger partial charge in [0.15, 0.2) is 5.65 Å². The number of anilines is 1. The van der Waals surface area contributed by atoms with E-state index in [-0.39, 0.29) is 29.5 Å². The van der Waals surface area contributed by atoms with Crippen LogP contribution in [0.2, 0.25) is 5.02 Å². The second-order valence-electron chi connectivity index (χ2n) is 10.4. The molecule has 11 nitrogen and oxygen atoms in total. The Morgan fingerprint density at radius 1 is 1.27 bits per heavy atom. The summed E-state index contributed by atoms with van der Waals surface area (Å²) >= 11 is 6.29. The molecule has 1 atom stereocenters. The number of piperidine rings is 1. The van der Waals surface area contributed by atoms with Crippen LogP contribution in [0.15, 0.2) is 49.1 Å². The Labute approximate surface area is 241 Å². The summed E-state index contributed by atoms with van der Waals surface area (Å²) in [5, 5.41) is 12.0. The van der Waals surface area contributed by atoms with Crippen LogP contribution >= 0.6 is 11.6 Å². The van der Waals surface area contributed by atoms with Crippen molar-refractivity contribution in [1.82, 2.24) is 34.2 Å². The lowest BCUT2D eigenvalue weighted by Crippen LogP contribution is -2.42. The smallest absolute Gasteiger partial charge is 0.261 e. The molecule has 0 bridgehead atoms. The normalized spacial score (nSPS) is 14.9. The first-order chi connectivity index (χ1) is 19.7. The molecule has 0 spiro atoms. The van der Waals surface area contributed by atoms with E-state index in [1.807, 2.05) is 4.90 Å². The van der Waals surface area contributed by atoms with Crippen LogP contribution in [0.4, 0.5) is 10.1 Å². The third-order valence-corrected chi connectivity index (χ3v) is 7.14. The maximum atomic E-state index is 13.9. The fourth-order valence-electron chi connectivity index (χ4n) is 5.05.